The molecule has 2 aliphatic heterocycles. The number of nitrogens with zero attached hydrogens (tertiary/aromatic N) is 3. The molecule has 3 unspecified atom stereocenters. The van der Waals surface area contributed by atoms with Crippen molar-refractivity contribution in [3.8, 4) is 0 Å². The van der Waals surface area contributed by atoms with Crippen LogP contribution in [0.25, 0.3) is 0 Å². The fourth-order valence-corrected chi connectivity index (χ4v) is 4.27. The molecule has 5 heteroatoms. The third kappa shape index (κ3) is 2.48. The third-order valence-corrected chi connectivity index (χ3v) is 5.51. The molecule has 114 valence electrons. The van der Waals surface area contributed by atoms with E-state index >= 15 is 0 Å². The average Bonchev–Trinajstić information content (AvgIpc) is 3.01. The van der Waals surface area contributed by atoms with Gasteiger partial charge in [-0.05, 0) is 31.6 Å². The number of nitrogens with one attached hydrogen (secondary N) is 1. The summed E-state index contributed by atoms with van der Waals surface area (Å²) in [5.41, 5.74) is 0. The van der Waals surface area contributed by atoms with Crippen LogP contribution in [0.3, 0.4) is 0 Å². The van der Waals surface area contributed by atoms with E-state index in [1.54, 1.807) is 0 Å². The van der Waals surface area contributed by atoms with E-state index in [0.717, 1.165) is 31.3 Å². The van der Waals surface area contributed by atoms with Gasteiger partial charge in [-0.25, -0.2) is 4.98 Å². The van der Waals surface area contributed by atoms with Crippen molar-refractivity contribution in [3.63, 3.8) is 0 Å². The minimum absolute atomic E-state index is 0.0332. The van der Waals surface area contributed by atoms with Crippen molar-refractivity contribution in [1.29, 1.82) is 0 Å². The Morgan fingerprint density at radius 1 is 1.19 bits per heavy atom. The van der Waals surface area contributed by atoms with Gasteiger partial charge in [-0.2, -0.15) is 0 Å². The molecule has 1 saturated heterocycles. The monoisotopic (exact) mass is 288 g/mol. The largest absolute Gasteiger partial charge is 0.332 e. The van der Waals surface area contributed by atoms with Crippen molar-refractivity contribution in [1.82, 2.24) is 19.8 Å². The maximum absolute atomic E-state index is 12.8. The average molecular weight is 288 g/mol. The molecule has 4 rings (SSSR count). The van der Waals surface area contributed by atoms with E-state index < -0.39 is 0 Å². The molecule has 1 aromatic heterocycles. The van der Waals surface area contributed by atoms with Gasteiger partial charge in [0.2, 0.25) is 5.91 Å². The standard InChI is InChI=1S/C16H24N4O/c21-16(20-10-9-19-8-7-17-15(19)11-20)14-6-5-12-3-1-2-4-13(12)18-14/h7-8,12-14,18H,1-6,9-11H2. The summed E-state index contributed by atoms with van der Waals surface area (Å²) in [5.74, 6) is 2.11. The number of fused-ring (bicyclic) bond motifs is 2. The molecule has 5 nitrogen and oxygen atoms in total. The van der Waals surface area contributed by atoms with Gasteiger partial charge in [0.05, 0.1) is 12.6 Å². The number of rotatable bonds is 1. The summed E-state index contributed by atoms with van der Waals surface area (Å²) in [5, 5.41) is 3.65. The van der Waals surface area contributed by atoms with Crippen LogP contribution in [0.5, 0.6) is 0 Å². The molecule has 1 aromatic rings. The number of carbonyl (C=O) groups excluding carboxylic acids is 1. The van der Waals surface area contributed by atoms with Crippen LogP contribution in [-0.2, 0) is 17.9 Å². The van der Waals surface area contributed by atoms with Crippen LogP contribution < -0.4 is 5.32 Å². The maximum atomic E-state index is 12.8. The van der Waals surface area contributed by atoms with Crippen LogP contribution in [0.2, 0.25) is 0 Å². The molecule has 0 aromatic carbocycles. The molecule has 1 aliphatic carbocycles. The lowest BCUT2D eigenvalue weighted by molar-refractivity contribution is -0.136. The smallest absolute Gasteiger partial charge is 0.240 e. The highest BCUT2D eigenvalue weighted by Crippen LogP contribution is 2.32. The van der Waals surface area contributed by atoms with Gasteiger partial charge >= 0.3 is 0 Å². The van der Waals surface area contributed by atoms with Gasteiger partial charge in [-0.1, -0.05) is 12.8 Å². The summed E-state index contributed by atoms with van der Waals surface area (Å²) >= 11 is 0. The molecule has 21 heavy (non-hydrogen) atoms. The number of hydrogen-bond acceptors (Lipinski definition) is 3. The molecule has 0 bridgehead atoms. The zero-order valence-electron chi connectivity index (χ0n) is 12.5. The molecular formula is C16H24N4O. The zero-order chi connectivity index (χ0) is 14.2. The number of aromatic nitrogens is 2. The molecule has 1 saturated carbocycles. The van der Waals surface area contributed by atoms with Gasteiger partial charge < -0.3 is 14.8 Å². The topological polar surface area (TPSA) is 50.2 Å². The molecule has 0 spiro atoms. The lowest BCUT2D eigenvalue weighted by atomic mass is 9.77. The third-order valence-electron chi connectivity index (χ3n) is 5.51. The fourth-order valence-electron chi connectivity index (χ4n) is 4.27. The summed E-state index contributed by atoms with van der Waals surface area (Å²) in [7, 11) is 0. The second-order valence-corrected chi connectivity index (χ2v) is 6.74. The summed E-state index contributed by atoms with van der Waals surface area (Å²) in [6.07, 6.45) is 11.3. The summed E-state index contributed by atoms with van der Waals surface area (Å²) in [6, 6.07) is 0.610. The molecule has 3 aliphatic rings. The van der Waals surface area contributed by atoms with Crippen molar-refractivity contribution in [2.45, 2.75) is 63.7 Å². The number of carbonyl (C=O) groups is 1. The van der Waals surface area contributed by atoms with Crippen LogP contribution in [0, 0.1) is 5.92 Å². The quantitative estimate of drug-likeness (QED) is 0.853. The maximum Gasteiger partial charge on any atom is 0.240 e. The van der Waals surface area contributed by atoms with Gasteiger partial charge in [0.1, 0.15) is 5.82 Å². The number of imidazole rings is 1. The lowest BCUT2D eigenvalue weighted by Crippen LogP contribution is -2.56. The molecule has 1 amide bonds. The van der Waals surface area contributed by atoms with Crippen LogP contribution >= 0.6 is 0 Å². The Morgan fingerprint density at radius 3 is 3.05 bits per heavy atom. The van der Waals surface area contributed by atoms with Gasteiger partial charge in [-0.3, -0.25) is 4.79 Å². The van der Waals surface area contributed by atoms with Crippen LogP contribution in [0.1, 0.15) is 44.3 Å². The van der Waals surface area contributed by atoms with Crippen molar-refractivity contribution < 1.29 is 4.79 Å². The molecular weight excluding hydrogens is 264 g/mol. The van der Waals surface area contributed by atoms with E-state index in [1.807, 2.05) is 17.3 Å². The molecule has 2 fully saturated rings. The zero-order valence-corrected chi connectivity index (χ0v) is 12.5. The lowest BCUT2D eigenvalue weighted by Gasteiger charge is -2.41. The summed E-state index contributed by atoms with van der Waals surface area (Å²) < 4.78 is 2.15. The van der Waals surface area contributed by atoms with E-state index in [1.165, 1.54) is 32.1 Å². The van der Waals surface area contributed by atoms with Gasteiger partial charge in [0, 0.05) is 31.5 Å². The van der Waals surface area contributed by atoms with Gasteiger partial charge in [0.25, 0.3) is 0 Å². The number of hydrogen-bond donors (Lipinski definition) is 1. The second kappa shape index (κ2) is 5.44. The van der Waals surface area contributed by atoms with E-state index in [4.69, 9.17) is 0 Å². The Kier molecular flexibility index (Phi) is 3.45. The van der Waals surface area contributed by atoms with Crippen molar-refractivity contribution in [2.75, 3.05) is 6.54 Å². The van der Waals surface area contributed by atoms with E-state index in [-0.39, 0.29) is 11.9 Å². The number of amides is 1. The Balaban J connectivity index is 1.41. The first-order valence-corrected chi connectivity index (χ1v) is 8.36. The minimum atomic E-state index is 0.0332. The second-order valence-electron chi connectivity index (χ2n) is 6.74. The molecule has 3 heterocycles. The van der Waals surface area contributed by atoms with Crippen LogP contribution in [0.4, 0.5) is 0 Å². The van der Waals surface area contributed by atoms with E-state index in [0.29, 0.717) is 12.6 Å². The predicted octanol–water partition coefficient (Wildman–Crippen LogP) is 1.54. The Hall–Kier alpha value is -1.36. The first kappa shape index (κ1) is 13.3. The van der Waals surface area contributed by atoms with Gasteiger partial charge in [-0.15, -0.1) is 0 Å². The SMILES string of the molecule is O=C(C1CCC2CCCCC2N1)N1CCn2ccnc2C1. The summed E-state index contributed by atoms with van der Waals surface area (Å²) in [6.45, 7) is 2.35. The van der Waals surface area contributed by atoms with Gasteiger partial charge in [0.15, 0.2) is 0 Å². The predicted molar refractivity (Wildman–Crippen MR) is 79.5 cm³/mol. The van der Waals surface area contributed by atoms with Crippen molar-refractivity contribution in [2.24, 2.45) is 5.92 Å². The number of piperidine rings is 1. The van der Waals surface area contributed by atoms with Crippen LogP contribution in [0.15, 0.2) is 12.4 Å². The van der Waals surface area contributed by atoms with E-state index in [2.05, 4.69) is 14.9 Å². The highest BCUT2D eigenvalue weighted by molar-refractivity contribution is 5.82. The normalized spacial score (nSPS) is 32.4. The van der Waals surface area contributed by atoms with Crippen molar-refractivity contribution >= 4 is 5.91 Å². The molecule has 0 radical (unpaired) electrons. The first-order chi connectivity index (χ1) is 10.3. The van der Waals surface area contributed by atoms with E-state index in [9.17, 15) is 4.79 Å². The summed E-state index contributed by atoms with van der Waals surface area (Å²) in [4.78, 5) is 19.1. The first-order valence-electron chi connectivity index (χ1n) is 8.36. The Labute approximate surface area is 125 Å². The van der Waals surface area contributed by atoms with Crippen LogP contribution in [-0.4, -0.2) is 39.0 Å². The minimum Gasteiger partial charge on any atom is -0.332 e. The molecule has 3 atom stereocenters. The highest BCUT2D eigenvalue weighted by atomic mass is 16.2. The Morgan fingerprint density at radius 2 is 2.10 bits per heavy atom. The Bertz CT molecular complexity index is 526. The molecule has 1 N–H and O–H groups in total. The van der Waals surface area contributed by atoms with Crippen molar-refractivity contribution in [3.05, 3.63) is 18.2 Å². The fraction of sp³-hybridized carbons (Fsp3) is 0.750. The highest BCUT2D eigenvalue weighted by Gasteiger charge is 2.36.